The van der Waals surface area contributed by atoms with Gasteiger partial charge in [-0.25, -0.2) is 0 Å². The number of hydrogen-bond acceptors (Lipinski definition) is 6. The number of phenolic OH excluding ortho intramolecular Hbond substituents is 3. The van der Waals surface area contributed by atoms with Gasteiger partial charge in [0.1, 0.15) is 5.75 Å². The van der Waals surface area contributed by atoms with Crippen LogP contribution in [0.25, 0.3) is 5.57 Å². The zero-order chi connectivity index (χ0) is 16.8. The van der Waals surface area contributed by atoms with Gasteiger partial charge < -0.3 is 20.4 Å². The Labute approximate surface area is 130 Å². The Hall–Kier alpha value is -3.12. The Balaban J connectivity index is 2.06. The van der Waals surface area contributed by atoms with E-state index >= 15 is 0 Å². The standard InChI is InChI=1S/C17H12O6/c18-11-4-2-10(3-5-11)17(23)15(21)8-12(16(17)22)9-1-6-13(19)14(20)7-9/h1-8,18-20,23H. The molecule has 1 aliphatic carbocycles. The fourth-order valence-corrected chi connectivity index (χ4v) is 2.49. The van der Waals surface area contributed by atoms with Gasteiger partial charge in [-0.3, -0.25) is 9.59 Å². The number of aromatic hydroxyl groups is 3. The molecule has 6 heteroatoms. The van der Waals surface area contributed by atoms with Crippen molar-refractivity contribution in [3.63, 3.8) is 0 Å². The maximum atomic E-state index is 12.6. The van der Waals surface area contributed by atoms with E-state index in [4.69, 9.17) is 0 Å². The first-order valence-corrected chi connectivity index (χ1v) is 6.69. The van der Waals surface area contributed by atoms with Crippen molar-refractivity contribution in [3.8, 4) is 17.2 Å². The normalized spacial score (nSPS) is 20.7. The van der Waals surface area contributed by atoms with E-state index < -0.39 is 22.9 Å². The number of ketones is 2. The zero-order valence-corrected chi connectivity index (χ0v) is 11.7. The summed E-state index contributed by atoms with van der Waals surface area (Å²) in [7, 11) is 0. The van der Waals surface area contributed by atoms with E-state index in [1.807, 2.05) is 0 Å². The highest BCUT2D eigenvalue weighted by Crippen LogP contribution is 2.39. The van der Waals surface area contributed by atoms with Crippen molar-refractivity contribution in [2.75, 3.05) is 0 Å². The first-order valence-electron chi connectivity index (χ1n) is 6.69. The van der Waals surface area contributed by atoms with Gasteiger partial charge in [0.15, 0.2) is 11.5 Å². The molecule has 1 unspecified atom stereocenters. The van der Waals surface area contributed by atoms with Gasteiger partial charge in [-0.1, -0.05) is 18.2 Å². The van der Waals surface area contributed by atoms with E-state index in [0.29, 0.717) is 0 Å². The van der Waals surface area contributed by atoms with Crippen LogP contribution >= 0.6 is 0 Å². The molecule has 0 saturated carbocycles. The van der Waals surface area contributed by atoms with Crippen LogP contribution in [0.5, 0.6) is 17.2 Å². The van der Waals surface area contributed by atoms with Crippen molar-refractivity contribution < 1.29 is 30.0 Å². The fourth-order valence-electron chi connectivity index (χ4n) is 2.49. The van der Waals surface area contributed by atoms with Crippen LogP contribution in [-0.4, -0.2) is 32.0 Å². The van der Waals surface area contributed by atoms with Crippen LogP contribution in [-0.2, 0) is 15.2 Å². The zero-order valence-electron chi connectivity index (χ0n) is 11.7. The molecular weight excluding hydrogens is 300 g/mol. The molecule has 0 spiro atoms. The van der Waals surface area contributed by atoms with Gasteiger partial charge in [0.25, 0.3) is 0 Å². The number of benzene rings is 2. The number of carbonyl (C=O) groups is 2. The number of aliphatic hydroxyl groups is 1. The van der Waals surface area contributed by atoms with Gasteiger partial charge in [0.05, 0.1) is 0 Å². The van der Waals surface area contributed by atoms with Crippen molar-refractivity contribution in [1.82, 2.24) is 0 Å². The molecule has 0 fully saturated rings. The molecule has 0 heterocycles. The van der Waals surface area contributed by atoms with Gasteiger partial charge in [0.2, 0.25) is 17.2 Å². The highest BCUT2D eigenvalue weighted by Gasteiger charge is 2.50. The summed E-state index contributed by atoms with van der Waals surface area (Å²) in [6, 6.07) is 8.77. The number of phenols is 3. The molecule has 6 nitrogen and oxygen atoms in total. The van der Waals surface area contributed by atoms with E-state index in [0.717, 1.165) is 12.1 Å². The van der Waals surface area contributed by atoms with E-state index in [1.165, 1.54) is 36.4 Å². The average molecular weight is 312 g/mol. The summed E-state index contributed by atoms with van der Waals surface area (Å²) in [5.41, 5.74) is -2.19. The van der Waals surface area contributed by atoms with Crippen molar-refractivity contribution >= 4 is 17.1 Å². The first-order chi connectivity index (χ1) is 10.8. The van der Waals surface area contributed by atoms with Crippen LogP contribution in [0.15, 0.2) is 48.5 Å². The summed E-state index contributed by atoms with van der Waals surface area (Å²) in [5.74, 6) is -2.51. The SMILES string of the molecule is O=C1C=C(c2ccc(O)c(O)c2)C(=O)C1(O)c1ccc(O)cc1. The Morgan fingerprint density at radius 2 is 1.48 bits per heavy atom. The molecule has 0 amide bonds. The van der Waals surface area contributed by atoms with Crippen LogP contribution < -0.4 is 0 Å². The molecule has 2 aromatic carbocycles. The molecule has 0 aliphatic heterocycles. The van der Waals surface area contributed by atoms with E-state index in [1.54, 1.807) is 0 Å². The van der Waals surface area contributed by atoms with Crippen molar-refractivity contribution in [2.24, 2.45) is 0 Å². The van der Waals surface area contributed by atoms with Crippen LogP contribution in [0, 0.1) is 0 Å². The Kier molecular flexibility index (Phi) is 3.19. The molecule has 0 bridgehead atoms. The lowest BCUT2D eigenvalue weighted by Gasteiger charge is -2.20. The van der Waals surface area contributed by atoms with Crippen molar-refractivity contribution in [1.29, 1.82) is 0 Å². The lowest BCUT2D eigenvalue weighted by molar-refractivity contribution is -0.143. The molecule has 0 radical (unpaired) electrons. The monoisotopic (exact) mass is 312 g/mol. The first kappa shape index (κ1) is 14.8. The van der Waals surface area contributed by atoms with Gasteiger partial charge in [-0.2, -0.15) is 0 Å². The second kappa shape index (κ2) is 4.96. The van der Waals surface area contributed by atoms with Crippen molar-refractivity contribution in [3.05, 3.63) is 59.7 Å². The second-order valence-electron chi connectivity index (χ2n) is 5.21. The minimum atomic E-state index is -2.36. The molecule has 1 atom stereocenters. The number of hydrogen-bond donors (Lipinski definition) is 4. The Morgan fingerprint density at radius 3 is 2.09 bits per heavy atom. The molecule has 0 aromatic heterocycles. The predicted molar refractivity (Wildman–Crippen MR) is 79.8 cm³/mol. The lowest BCUT2D eigenvalue weighted by Crippen LogP contribution is -2.38. The quantitative estimate of drug-likeness (QED) is 0.490. The van der Waals surface area contributed by atoms with E-state index in [9.17, 15) is 30.0 Å². The topological polar surface area (TPSA) is 115 Å². The van der Waals surface area contributed by atoms with Crippen LogP contribution in [0.1, 0.15) is 11.1 Å². The third-order valence-corrected chi connectivity index (χ3v) is 3.78. The molecular formula is C17H12O6. The summed E-state index contributed by atoms with van der Waals surface area (Å²) in [5, 5.41) is 38.7. The largest absolute Gasteiger partial charge is 0.508 e. The van der Waals surface area contributed by atoms with Gasteiger partial charge >= 0.3 is 0 Å². The molecule has 3 rings (SSSR count). The third-order valence-electron chi connectivity index (χ3n) is 3.78. The number of carbonyl (C=O) groups excluding carboxylic acids is 2. The maximum absolute atomic E-state index is 12.6. The van der Waals surface area contributed by atoms with Gasteiger partial charge in [-0.05, 0) is 41.5 Å². The van der Waals surface area contributed by atoms with Gasteiger partial charge in [0, 0.05) is 5.57 Å². The summed E-state index contributed by atoms with van der Waals surface area (Å²) >= 11 is 0. The third kappa shape index (κ3) is 2.16. The van der Waals surface area contributed by atoms with Crippen molar-refractivity contribution in [2.45, 2.75) is 5.60 Å². The highest BCUT2D eigenvalue weighted by atomic mass is 16.3. The Morgan fingerprint density at radius 1 is 0.826 bits per heavy atom. The number of Topliss-reactive ketones (excluding diaryl/α,β-unsaturated/α-hetero) is 1. The summed E-state index contributed by atoms with van der Waals surface area (Å²) < 4.78 is 0. The predicted octanol–water partition coefficient (Wildman–Crippen LogP) is 1.23. The minimum Gasteiger partial charge on any atom is -0.508 e. The lowest BCUT2D eigenvalue weighted by atomic mass is 9.87. The molecule has 23 heavy (non-hydrogen) atoms. The van der Waals surface area contributed by atoms with E-state index in [-0.39, 0.29) is 28.2 Å². The highest BCUT2D eigenvalue weighted by molar-refractivity contribution is 6.41. The van der Waals surface area contributed by atoms with E-state index in [2.05, 4.69) is 0 Å². The summed E-state index contributed by atoms with van der Waals surface area (Å²) in [4.78, 5) is 24.8. The summed E-state index contributed by atoms with van der Waals surface area (Å²) in [6.45, 7) is 0. The second-order valence-corrected chi connectivity index (χ2v) is 5.21. The summed E-state index contributed by atoms with van der Waals surface area (Å²) in [6.07, 6.45) is 1.00. The fraction of sp³-hybridized carbons (Fsp3) is 0.0588. The Bertz CT molecular complexity index is 850. The molecule has 0 saturated heterocycles. The average Bonchev–Trinajstić information content (AvgIpc) is 2.76. The molecule has 2 aromatic rings. The molecule has 4 N–H and O–H groups in total. The van der Waals surface area contributed by atoms with Gasteiger partial charge in [-0.15, -0.1) is 0 Å². The molecule has 116 valence electrons. The number of rotatable bonds is 2. The smallest absolute Gasteiger partial charge is 0.216 e. The maximum Gasteiger partial charge on any atom is 0.216 e. The minimum absolute atomic E-state index is 0.0413. The van der Waals surface area contributed by atoms with Crippen LogP contribution in [0.3, 0.4) is 0 Å². The van der Waals surface area contributed by atoms with Crippen LogP contribution in [0.2, 0.25) is 0 Å². The molecule has 1 aliphatic rings. The van der Waals surface area contributed by atoms with Crippen LogP contribution in [0.4, 0.5) is 0 Å².